The van der Waals surface area contributed by atoms with Crippen LogP contribution in [-0.4, -0.2) is 52.2 Å². The molecular weight excluding hydrogens is 338 g/mol. The predicted octanol–water partition coefficient (Wildman–Crippen LogP) is 2.72. The van der Waals surface area contributed by atoms with Gasteiger partial charge in [0.2, 0.25) is 0 Å². The van der Waals surface area contributed by atoms with E-state index in [1.807, 2.05) is 47.3 Å². The van der Waals surface area contributed by atoms with Gasteiger partial charge in [0.1, 0.15) is 0 Å². The second kappa shape index (κ2) is 8.39. The number of nitrogens with one attached hydrogen (secondary N) is 1. The van der Waals surface area contributed by atoms with Gasteiger partial charge in [-0.25, -0.2) is 4.79 Å². The Morgan fingerprint density at radius 1 is 0.926 bits per heavy atom. The Kier molecular flexibility index (Phi) is 5.53. The first-order valence-electron chi connectivity index (χ1n) is 9.86. The monoisotopic (exact) mass is 365 g/mol. The number of unbranched alkanes of at least 4 members (excludes halogenated alkanes) is 2. The summed E-state index contributed by atoms with van der Waals surface area (Å²) in [7, 11) is 0. The highest BCUT2D eigenvalue weighted by Crippen LogP contribution is 2.15. The smallest absolute Gasteiger partial charge is 0.326 e. The minimum atomic E-state index is 0.00252. The number of imidazole rings is 1. The van der Waals surface area contributed by atoms with E-state index in [1.54, 1.807) is 0 Å². The topological polar surface area (TPSA) is 57.2 Å². The van der Waals surface area contributed by atoms with Crippen LogP contribution in [0.2, 0.25) is 0 Å². The van der Waals surface area contributed by atoms with E-state index in [1.165, 1.54) is 12.1 Å². The fourth-order valence-electron chi connectivity index (χ4n) is 3.88. The van der Waals surface area contributed by atoms with Gasteiger partial charge in [0.05, 0.1) is 22.9 Å². The van der Waals surface area contributed by atoms with E-state index < -0.39 is 0 Å². The van der Waals surface area contributed by atoms with Gasteiger partial charge in [0, 0.05) is 38.9 Å². The lowest BCUT2D eigenvalue weighted by molar-refractivity contribution is 0.251. The highest BCUT2D eigenvalue weighted by molar-refractivity contribution is 5.74. The van der Waals surface area contributed by atoms with E-state index in [0.29, 0.717) is 0 Å². The van der Waals surface area contributed by atoms with Crippen molar-refractivity contribution in [2.45, 2.75) is 25.8 Å². The zero-order valence-electron chi connectivity index (χ0n) is 15.7. The number of anilines is 1. The van der Waals surface area contributed by atoms with Crippen LogP contribution in [0.4, 0.5) is 5.69 Å². The Morgan fingerprint density at radius 3 is 2.56 bits per heavy atom. The molecule has 142 valence electrons. The molecule has 0 unspecified atom stereocenters. The van der Waals surface area contributed by atoms with E-state index in [-0.39, 0.29) is 5.69 Å². The molecule has 0 atom stereocenters. The van der Waals surface area contributed by atoms with Gasteiger partial charge in [-0.3, -0.25) is 14.5 Å². The zero-order chi connectivity index (χ0) is 18.5. The number of hydrogen-bond donors (Lipinski definition) is 1. The Morgan fingerprint density at radius 2 is 1.74 bits per heavy atom. The number of nitrogens with zero attached hydrogens (tertiary/aromatic N) is 4. The third-order valence-electron chi connectivity index (χ3n) is 5.42. The van der Waals surface area contributed by atoms with Crippen molar-refractivity contribution in [3.05, 3.63) is 59.3 Å². The molecule has 6 nitrogen and oxygen atoms in total. The summed E-state index contributed by atoms with van der Waals surface area (Å²) in [6.07, 6.45) is 7.14. The molecule has 1 fully saturated rings. The lowest BCUT2D eigenvalue weighted by Crippen LogP contribution is -2.46. The number of aromatic amines is 1. The molecule has 6 heteroatoms. The van der Waals surface area contributed by atoms with Crippen molar-refractivity contribution in [3.8, 4) is 0 Å². The largest absolute Gasteiger partial charge is 0.368 e. The van der Waals surface area contributed by atoms with E-state index >= 15 is 0 Å². The number of piperazine rings is 1. The lowest BCUT2D eigenvalue weighted by atomic mass is 10.2. The third-order valence-corrected chi connectivity index (χ3v) is 5.42. The van der Waals surface area contributed by atoms with Crippen LogP contribution in [-0.2, 0) is 6.54 Å². The van der Waals surface area contributed by atoms with Crippen LogP contribution in [0.3, 0.4) is 0 Å². The normalized spacial score (nSPS) is 15.5. The molecule has 1 aliphatic heterocycles. The maximum absolute atomic E-state index is 12.1. The summed E-state index contributed by atoms with van der Waals surface area (Å²) in [6.45, 7) is 6.28. The fourth-order valence-corrected chi connectivity index (χ4v) is 3.88. The highest BCUT2D eigenvalue weighted by atomic mass is 16.1. The average Bonchev–Trinajstić information content (AvgIpc) is 3.04. The lowest BCUT2D eigenvalue weighted by Gasteiger charge is -2.35. The summed E-state index contributed by atoms with van der Waals surface area (Å²) in [5.74, 6) is 0. The predicted molar refractivity (Wildman–Crippen MR) is 109 cm³/mol. The van der Waals surface area contributed by atoms with Gasteiger partial charge in [0.15, 0.2) is 0 Å². The number of benzene rings is 1. The van der Waals surface area contributed by atoms with Crippen LogP contribution in [0.15, 0.2) is 53.6 Å². The molecule has 1 N–H and O–H groups in total. The van der Waals surface area contributed by atoms with Crippen molar-refractivity contribution in [1.82, 2.24) is 19.4 Å². The molecule has 3 aromatic rings. The zero-order valence-corrected chi connectivity index (χ0v) is 15.7. The van der Waals surface area contributed by atoms with Crippen molar-refractivity contribution < 1.29 is 0 Å². The number of hydrogen-bond acceptors (Lipinski definition) is 4. The van der Waals surface area contributed by atoms with Crippen molar-refractivity contribution in [2.24, 2.45) is 0 Å². The maximum Gasteiger partial charge on any atom is 0.326 e. The number of fused-ring (bicyclic) bond motifs is 1. The first-order chi connectivity index (χ1) is 13.3. The summed E-state index contributed by atoms with van der Waals surface area (Å²) in [6, 6.07) is 12.0. The second-order valence-electron chi connectivity index (χ2n) is 7.20. The van der Waals surface area contributed by atoms with Crippen LogP contribution in [0.1, 0.15) is 19.3 Å². The Balaban J connectivity index is 1.18. The SMILES string of the molecule is O=c1[nH]c2ccccc2n1CCCCCN1CCN(c2cccnc2)CC1. The van der Waals surface area contributed by atoms with E-state index in [2.05, 4.69) is 25.8 Å². The van der Waals surface area contributed by atoms with Crippen LogP contribution < -0.4 is 10.6 Å². The number of pyridine rings is 1. The molecule has 0 spiro atoms. The van der Waals surface area contributed by atoms with E-state index in [4.69, 9.17) is 0 Å². The van der Waals surface area contributed by atoms with Gasteiger partial charge in [0.25, 0.3) is 0 Å². The van der Waals surface area contributed by atoms with Crippen LogP contribution in [0.5, 0.6) is 0 Å². The Bertz CT molecular complexity index is 909. The summed E-state index contributed by atoms with van der Waals surface area (Å²) in [4.78, 5) is 24.2. The first-order valence-corrected chi connectivity index (χ1v) is 9.86. The molecule has 3 heterocycles. The number of aromatic nitrogens is 3. The summed E-state index contributed by atoms with van der Waals surface area (Å²) < 4.78 is 1.86. The molecule has 1 aliphatic rings. The van der Waals surface area contributed by atoms with Gasteiger partial charge in [-0.1, -0.05) is 18.6 Å². The number of rotatable bonds is 7. The standard InChI is InChI=1S/C21H27N5O/c27-21-23-19-8-2-3-9-20(19)26(21)12-5-1-4-11-24-13-15-25(16-14-24)18-7-6-10-22-17-18/h2-3,6-10,17H,1,4-5,11-16H2,(H,23,27). The molecule has 0 bridgehead atoms. The molecule has 0 amide bonds. The molecule has 4 rings (SSSR count). The fraction of sp³-hybridized carbons (Fsp3) is 0.429. The molecule has 27 heavy (non-hydrogen) atoms. The van der Waals surface area contributed by atoms with Gasteiger partial charge in [-0.15, -0.1) is 0 Å². The number of aryl methyl sites for hydroxylation is 1. The molecule has 0 radical (unpaired) electrons. The van der Waals surface area contributed by atoms with E-state index in [9.17, 15) is 4.79 Å². The molecule has 1 saturated heterocycles. The average molecular weight is 365 g/mol. The van der Waals surface area contributed by atoms with E-state index in [0.717, 1.165) is 63.1 Å². The maximum atomic E-state index is 12.1. The van der Waals surface area contributed by atoms with Crippen molar-refractivity contribution in [2.75, 3.05) is 37.6 Å². The van der Waals surface area contributed by atoms with Gasteiger partial charge < -0.3 is 9.88 Å². The van der Waals surface area contributed by atoms with Gasteiger partial charge in [-0.05, 0) is 43.7 Å². The van der Waals surface area contributed by atoms with Gasteiger partial charge >= 0.3 is 5.69 Å². The minimum absolute atomic E-state index is 0.00252. The Hall–Kier alpha value is -2.60. The third kappa shape index (κ3) is 4.22. The molecule has 2 aromatic heterocycles. The van der Waals surface area contributed by atoms with Crippen LogP contribution >= 0.6 is 0 Å². The molecule has 1 aromatic carbocycles. The van der Waals surface area contributed by atoms with Crippen molar-refractivity contribution in [3.63, 3.8) is 0 Å². The molecule has 0 aliphatic carbocycles. The minimum Gasteiger partial charge on any atom is -0.368 e. The van der Waals surface area contributed by atoms with Crippen LogP contribution in [0, 0.1) is 0 Å². The highest BCUT2D eigenvalue weighted by Gasteiger charge is 2.16. The second-order valence-corrected chi connectivity index (χ2v) is 7.20. The Labute approximate surface area is 159 Å². The first kappa shape index (κ1) is 17.8. The van der Waals surface area contributed by atoms with Gasteiger partial charge in [-0.2, -0.15) is 0 Å². The van der Waals surface area contributed by atoms with Crippen molar-refractivity contribution >= 4 is 16.7 Å². The summed E-state index contributed by atoms with van der Waals surface area (Å²) in [5.41, 5.74) is 3.16. The van der Waals surface area contributed by atoms with Crippen molar-refractivity contribution in [1.29, 1.82) is 0 Å². The number of para-hydroxylation sites is 2. The molecular formula is C21H27N5O. The molecule has 0 saturated carbocycles. The number of H-pyrrole nitrogens is 1. The quantitative estimate of drug-likeness (QED) is 0.654. The van der Waals surface area contributed by atoms with Crippen LogP contribution in [0.25, 0.3) is 11.0 Å². The summed E-state index contributed by atoms with van der Waals surface area (Å²) >= 11 is 0. The summed E-state index contributed by atoms with van der Waals surface area (Å²) in [5, 5.41) is 0.